The second-order valence-electron chi connectivity index (χ2n) is 4.19. The van der Waals surface area contributed by atoms with Crippen molar-refractivity contribution in [1.29, 1.82) is 0 Å². The number of amides is 1. The van der Waals surface area contributed by atoms with Gasteiger partial charge in [-0.1, -0.05) is 19.4 Å². The van der Waals surface area contributed by atoms with E-state index in [9.17, 15) is 4.79 Å². The van der Waals surface area contributed by atoms with Gasteiger partial charge in [0.05, 0.1) is 0 Å². The predicted molar refractivity (Wildman–Crippen MR) is 64.5 cm³/mol. The summed E-state index contributed by atoms with van der Waals surface area (Å²) in [4.78, 5) is 11.2. The Morgan fingerprint density at radius 2 is 2.07 bits per heavy atom. The molecule has 1 atom stereocenters. The lowest BCUT2D eigenvalue weighted by molar-refractivity contribution is -0.116. The summed E-state index contributed by atoms with van der Waals surface area (Å²) in [5.41, 5.74) is 5.85. The molecule has 0 aromatic rings. The van der Waals surface area contributed by atoms with Crippen LogP contribution in [0.3, 0.4) is 0 Å². The van der Waals surface area contributed by atoms with Crippen molar-refractivity contribution in [3.05, 3.63) is 12.2 Å². The minimum Gasteiger partial charge on any atom is -0.350 e. The number of rotatable bonds is 7. The zero-order valence-electron chi connectivity index (χ0n) is 10.1. The lowest BCUT2D eigenvalue weighted by Crippen LogP contribution is -2.28. The van der Waals surface area contributed by atoms with E-state index >= 15 is 0 Å². The summed E-state index contributed by atoms with van der Waals surface area (Å²) in [7, 11) is 0. The van der Waals surface area contributed by atoms with E-state index in [4.69, 9.17) is 5.73 Å². The van der Waals surface area contributed by atoms with Crippen molar-refractivity contribution in [3.8, 4) is 0 Å². The van der Waals surface area contributed by atoms with E-state index in [0.29, 0.717) is 0 Å². The number of hydrogen-bond donors (Lipinski definition) is 2. The molecule has 0 saturated heterocycles. The Balaban J connectivity index is 3.57. The number of carbonyl (C=O) groups excluding carboxylic acids is 1. The molecule has 0 aliphatic heterocycles. The third kappa shape index (κ3) is 9.47. The highest BCUT2D eigenvalue weighted by Gasteiger charge is 1.99. The van der Waals surface area contributed by atoms with Crippen LogP contribution in [0.2, 0.25) is 0 Å². The zero-order valence-corrected chi connectivity index (χ0v) is 10.1. The predicted octanol–water partition coefficient (Wildman–Crippen LogP) is 1.97. The molecule has 0 rings (SSSR count). The maximum atomic E-state index is 11.2. The van der Waals surface area contributed by atoms with Gasteiger partial charge in [0, 0.05) is 12.1 Å². The van der Waals surface area contributed by atoms with Gasteiger partial charge >= 0.3 is 0 Å². The van der Waals surface area contributed by atoms with Crippen LogP contribution < -0.4 is 11.1 Å². The molecule has 0 aliphatic rings. The molecule has 3 heteroatoms. The normalized spacial score (nSPS) is 13.4. The Morgan fingerprint density at radius 1 is 1.40 bits per heavy atom. The number of carbonyl (C=O) groups is 1. The number of nitrogens with one attached hydrogen (secondary N) is 1. The summed E-state index contributed by atoms with van der Waals surface area (Å²) in [6.07, 6.45) is 7.52. The molecule has 0 fully saturated rings. The molecule has 0 radical (unpaired) electrons. The van der Waals surface area contributed by atoms with Crippen molar-refractivity contribution in [2.24, 2.45) is 5.73 Å². The smallest absolute Gasteiger partial charge is 0.243 e. The van der Waals surface area contributed by atoms with E-state index in [1.165, 1.54) is 0 Å². The van der Waals surface area contributed by atoms with Crippen molar-refractivity contribution in [3.63, 3.8) is 0 Å². The van der Waals surface area contributed by atoms with E-state index in [2.05, 4.69) is 12.2 Å². The van der Waals surface area contributed by atoms with Crippen LogP contribution in [-0.4, -0.2) is 18.0 Å². The molecule has 0 aromatic heterocycles. The molecule has 1 unspecified atom stereocenters. The van der Waals surface area contributed by atoms with E-state index in [0.717, 1.165) is 25.7 Å². The Kier molecular flexibility index (Phi) is 8.01. The Morgan fingerprint density at radius 3 is 2.60 bits per heavy atom. The fourth-order valence-corrected chi connectivity index (χ4v) is 1.35. The molecule has 0 aromatic carbocycles. The average Bonchev–Trinajstić information content (AvgIpc) is 2.12. The second kappa shape index (κ2) is 8.48. The maximum absolute atomic E-state index is 11.2. The average molecular weight is 212 g/mol. The van der Waals surface area contributed by atoms with Crippen molar-refractivity contribution in [2.75, 3.05) is 0 Å². The van der Waals surface area contributed by atoms with Gasteiger partial charge in [-0.05, 0) is 39.2 Å². The lowest BCUT2D eigenvalue weighted by atomic mass is 10.1. The van der Waals surface area contributed by atoms with Gasteiger partial charge in [-0.3, -0.25) is 4.79 Å². The Bertz CT molecular complexity index is 200. The molecule has 88 valence electrons. The third-order valence-electron chi connectivity index (χ3n) is 2.06. The van der Waals surface area contributed by atoms with Crippen molar-refractivity contribution >= 4 is 5.91 Å². The fraction of sp³-hybridized carbons (Fsp3) is 0.750. The van der Waals surface area contributed by atoms with Crippen LogP contribution >= 0.6 is 0 Å². The molecule has 3 nitrogen and oxygen atoms in total. The number of hydrogen-bond acceptors (Lipinski definition) is 2. The van der Waals surface area contributed by atoms with Gasteiger partial charge in [0.15, 0.2) is 0 Å². The first-order valence-corrected chi connectivity index (χ1v) is 5.78. The number of allylic oxidation sites excluding steroid dienone is 1. The van der Waals surface area contributed by atoms with Crippen LogP contribution in [0, 0.1) is 0 Å². The summed E-state index contributed by atoms with van der Waals surface area (Å²) in [5, 5.41) is 2.80. The molecule has 3 N–H and O–H groups in total. The minimum atomic E-state index is -0.0194. The molecule has 0 aliphatic carbocycles. The van der Waals surface area contributed by atoms with Crippen LogP contribution in [0.15, 0.2) is 12.2 Å². The summed E-state index contributed by atoms with van der Waals surface area (Å²) in [5.74, 6) is -0.0194. The fourth-order valence-electron chi connectivity index (χ4n) is 1.35. The SMILES string of the molecule is CCCC(N)CC/C=C/C(=O)NC(C)C. The first kappa shape index (κ1) is 14.2. The van der Waals surface area contributed by atoms with Crippen LogP contribution in [-0.2, 0) is 4.79 Å². The van der Waals surface area contributed by atoms with Gasteiger partial charge in [-0.15, -0.1) is 0 Å². The van der Waals surface area contributed by atoms with E-state index in [-0.39, 0.29) is 18.0 Å². The molecule has 0 heterocycles. The van der Waals surface area contributed by atoms with Gasteiger partial charge in [0.25, 0.3) is 0 Å². The van der Waals surface area contributed by atoms with Crippen LogP contribution in [0.4, 0.5) is 0 Å². The summed E-state index contributed by atoms with van der Waals surface area (Å²) < 4.78 is 0. The highest BCUT2D eigenvalue weighted by atomic mass is 16.1. The van der Waals surface area contributed by atoms with Crippen molar-refractivity contribution in [1.82, 2.24) is 5.32 Å². The topological polar surface area (TPSA) is 55.1 Å². The summed E-state index contributed by atoms with van der Waals surface area (Å²) in [6, 6.07) is 0.470. The number of nitrogens with two attached hydrogens (primary N) is 1. The van der Waals surface area contributed by atoms with E-state index < -0.39 is 0 Å². The first-order valence-electron chi connectivity index (χ1n) is 5.78. The molecule has 0 saturated carbocycles. The van der Waals surface area contributed by atoms with E-state index in [1.54, 1.807) is 6.08 Å². The molecular weight excluding hydrogens is 188 g/mol. The molecule has 0 spiro atoms. The lowest BCUT2D eigenvalue weighted by Gasteiger charge is -2.07. The van der Waals surface area contributed by atoms with Gasteiger partial charge < -0.3 is 11.1 Å². The third-order valence-corrected chi connectivity index (χ3v) is 2.06. The molecule has 0 bridgehead atoms. The highest BCUT2D eigenvalue weighted by molar-refractivity contribution is 5.87. The monoisotopic (exact) mass is 212 g/mol. The molecule has 1 amide bonds. The molecule has 15 heavy (non-hydrogen) atoms. The quantitative estimate of drug-likeness (QED) is 0.634. The van der Waals surface area contributed by atoms with Gasteiger partial charge in [0.1, 0.15) is 0 Å². The van der Waals surface area contributed by atoms with Gasteiger partial charge in [0.2, 0.25) is 5.91 Å². The van der Waals surface area contributed by atoms with Gasteiger partial charge in [-0.2, -0.15) is 0 Å². The van der Waals surface area contributed by atoms with Crippen molar-refractivity contribution < 1.29 is 4.79 Å². The molecular formula is C12H24N2O. The maximum Gasteiger partial charge on any atom is 0.243 e. The van der Waals surface area contributed by atoms with Crippen LogP contribution in [0.5, 0.6) is 0 Å². The Hall–Kier alpha value is -0.830. The van der Waals surface area contributed by atoms with Gasteiger partial charge in [-0.25, -0.2) is 0 Å². The summed E-state index contributed by atoms with van der Waals surface area (Å²) in [6.45, 7) is 6.03. The summed E-state index contributed by atoms with van der Waals surface area (Å²) >= 11 is 0. The Labute approximate surface area is 93.1 Å². The first-order chi connectivity index (χ1) is 7.06. The largest absolute Gasteiger partial charge is 0.350 e. The highest BCUT2D eigenvalue weighted by Crippen LogP contribution is 2.02. The zero-order chi connectivity index (χ0) is 11.7. The van der Waals surface area contributed by atoms with Crippen LogP contribution in [0.25, 0.3) is 0 Å². The van der Waals surface area contributed by atoms with E-state index in [1.807, 2.05) is 19.9 Å². The second-order valence-corrected chi connectivity index (χ2v) is 4.19. The minimum absolute atomic E-state index is 0.0194. The van der Waals surface area contributed by atoms with Crippen LogP contribution in [0.1, 0.15) is 46.5 Å². The standard InChI is InChI=1S/C12H24N2O/c1-4-7-11(13)8-5-6-9-12(15)14-10(2)3/h6,9-11H,4-5,7-8,13H2,1-3H3,(H,14,15)/b9-6+. The van der Waals surface area contributed by atoms with Crippen molar-refractivity contribution in [2.45, 2.75) is 58.5 Å².